The van der Waals surface area contributed by atoms with Gasteiger partial charge in [-0.2, -0.15) is 0 Å². The highest BCUT2D eigenvalue weighted by Crippen LogP contribution is 2.48. The molecular weight excluding hydrogens is 524 g/mol. The fraction of sp³-hybridized carbons (Fsp3) is 0.545. The number of carbonyl (C=O) groups excluding carboxylic acids is 1. The van der Waals surface area contributed by atoms with E-state index in [1.165, 1.54) is 12.7 Å². The second kappa shape index (κ2) is 12.3. The zero-order valence-corrected chi connectivity index (χ0v) is 25.4. The van der Waals surface area contributed by atoms with E-state index in [0.29, 0.717) is 53.6 Å². The molecule has 0 bridgehead atoms. The molecular formula is C33H44O8. The summed E-state index contributed by atoms with van der Waals surface area (Å²) < 4.78 is 29.5. The first-order valence-corrected chi connectivity index (χ1v) is 14.3. The molecule has 0 fully saturated rings. The van der Waals surface area contributed by atoms with Gasteiger partial charge in [0.15, 0.2) is 17.3 Å². The second-order valence-corrected chi connectivity index (χ2v) is 12.3. The van der Waals surface area contributed by atoms with Crippen LogP contribution in [0, 0.1) is 0 Å². The van der Waals surface area contributed by atoms with Gasteiger partial charge in [-0.05, 0) is 79.2 Å². The van der Waals surface area contributed by atoms with Gasteiger partial charge in [0.1, 0.15) is 28.9 Å². The molecule has 0 spiro atoms. The van der Waals surface area contributed by atoms with Crippen molar-refractivity contribution < 1.29 is 38.7 Å². The standard InChI is InChI=1S/C33H44O8/c1-20(9-8-15-32(2,3)35)10-11-22-21(12-13-25-30(22)40-19-39-25)27-17-24(34)29-28(41-27)18-26(37-6)23(31(29)38-7)14-16-33(4,5)36/h10,12-13,18,27,35-36H,8-9,11,14-17,19H2,1-7H3/b20-10+. The average Bonchev–Trinajstić information content (AvgIpc) is 3.37. The van der Waals surface area contributed by atoms with Crippen LogP contribution in [0.25, 0.3) is 0 Å². The quantitative estimate of drug-likeness (QED) is 0.289. The summed E-state index contributed by atoms with van der Waals surface area (Å²) in [6.45, 7) is 9.39. The lowest BCUT2D eigenvalue weighted by molar-refractivity contribution is 0.0687. The maximum atomic E-state index is 13.7. The van der Waals surface area contributed by atoms with E-state index < -0.39 is 17.3 Å². The van der Waals surface area contributed by atoms with Gasteiger partial charge in [0, 0.05) is 22.8 Å². The highest BCUT2D eigenvalue weighted by Gasteiger charge is 2.36. The smallest absolute Gasteiger partial charge is 0.231 e. The lowest BCUT2D eigenvalue weighted by Gasteiger charge is -2.30. The molecule has 0 aliphatic carbocycles. The molecule has 0 saturated heterocycles. The number of rotatable bonds is 12. The molecule has 2 heterocycles. The highest BCUT2D eigenvalue weighted by molar-refractivity contribution is 6.03. The van der Waals surface area contributed by atoms with Crippen molar-refractivity contribution >= 4 is 5.78 Å². The molecule has 41 heavy (non-hydrogen) atoms. The molecule has 1 atom stereocenters. The number of methoxy groups -OCH3 is 2. The van der Waals surface area contributed by atoms with E-state index in [9.17, 15) is 15.0 Å². The van der Waals surface area contributed by atoms with Crippen molar-refractivity contribution in [2.75, 3.05) is 21.0 Å². The van der Waals surface area contributed by atoms with E-state index in [1.54, 1.807) is 27.0 Å². The summed E-state index contributed by atoms with van der Waals surface area (Å²) >= 11 is 0. The lowest BCUT2D eigenvalue weighted by Crippen LogP contribution is -2.23. The number of ketones is 1. The van der Waals surface area contributed by atoms with E-state index in [-0.39, 0.29) is 19.0 Å². The van der Waals surface area contributed by atoms with Gasteiger partial charge < -0.3 is 33.9 Å². The molecule has 2 N–H and O–H groups in total. The van der Waals surface area contributed by atoms with Crippen LogP contribution in [0.1, 0.15) is 99.9 Å². The summed E-state index contributed by atoms with van der Waals surface area (Å²) in [5.41, 5.74) is 2.61. The Balaban J connectivity index is 1.66. The van der Waals surface area contributed by atoms with E-state index in [1.807, 2.05) is 26.0 Å². The predicted octanol–water partition coefficient (Wildman–Crippen LogP) is 6.27. The normalized spacial score (nSPS) is 16.9. The topological polar surface area (TPSA) is 104 Å². The first kappa shape index (κ1) is 30.7. The van der Waals surface area contributed by atoms with Crippen LogP contribution in [0.2, 0.25) is 0 Å². The van der Waals surface area contributed by atoms with Crippen molar-refractivity contribution in [1.82, 2.24) is 0 Å². The van der Waals surface area contributed by atoms with Crippen LogP contribution >= 0.6 is 0 Å². The van der Waals surface area contributed by atoms with Gasteiger partial charge in [-0.25, -0.2) is 0 Å². The minimum Gasteiger partial charge on any atom is -0.496 e. The minimum absolute atomic E-state index is 0.0813. The van der Waals surface area contributed by atoms with Gasteiger partial charge in [-0.15, -0.1) is 0 Å². The van der Waals surface area contributed by atoms with Gasteiger partial charge in [-0.1, -0.05) is 17.7 Å². The van der Waals surface area contributed by atoms with Crippen LogP contribution in [0.4, 0.5) is 0 Å². The molecule has 1 unspecified atom stereocenters. The Morgan fingerprint density at radius 1 is 1.02 bits per heavy atom. The maximum absolute atomic E-state index is 13.7. The Labute approximate surface area is 243 Å². The molecule has 0 radical (unpaired) electrons. The van der Waals surface area contributed by atoms with E-state index in [4.69, 9.17) is 23.7 Å². The van der Waals surface area contributed by atoms with Crippen LogP contribution < -0.4 is 23.7 Å². The van der Waals surface area contributed by atoms with Crippen LogP contribution in [-0.2, 0) is 12.8 Å². The molecule has 0 aromatic heterocycles. The van der Waals surface area contributed by atoms with Crippen molar-refractivity contribution in [3.05, 3.63) is 52.1 Å². The van der Waals surface area contributed by atoms with Crippen molar-refractivity contribution in [3.63, 3.8) is 0 Å². The van der Waals surface area contributed by atoms with E-state index in [0.717, 1.165) is 36.0 Å². The fourth-order valence-corrected chi connectivity index (χ4v) is 5.46. The van der Waals surface area contributed by atoms with Crippen LogP contribution in [0.3, 0.4) is 0 Å². The summed E-state index contributed by atoms with van der Waals surface area (Å²) in [6, 6.07) is 5.57. The summed E-state index contributed by atoms with van der Waals surface area (Å²) in [5, 5.41) is 20.3. The third-order valence-corrected chi connectivity index (χ3v) is 7.68. The van der Waals surface area contributed by atoms with Crippen molar-refractivity contribution in [2.24, 2.45) is 0 Å². The number of hydrogen-bond donors (Lipinski definition) is 2. The van der Waals surface area contributed by atoms with Gasteiger partial charge in [-0.3, -0.25) is 4.79 Å². The predicted molar refractivity (Wildman–Crippen MR) is 157 cm³/mol. The number of Topliss-reactive ketones (excluding diaryl/α,β-unsaturated/α-hetero) is 1. The number of allylic oxidation sites excluding steroid dienone is 2. The van der Waals surface area contributed by atoms with E-state index >= 15 is 0 Å². The number of hydrogen-bond acceptors (Lipinski definition) is 8. The zero-order chi connectivity index (χ0) is 29.9. The lowest BCUT2D eigenvalue weighted by atomic mass is 9.88. The largest absolute Gasteiger partial charge is 0.496 e. The minimum atomic E-state index is -0.879. The first-order chi connectivity index (χ1) is 19.3. The van der Waals surface area contributed by atoms with Gasteiger partial charge in [0.05, 0.1) is 31.8 Å². The molecule has 2 aliphatic heterocycles. The molecule has 8 heteroatoms. The summed E-state index contributed by atoms with van der Waals surface area (Å²) in [5.74, 6) is 2.67. The van der Waals surface area contributed by atoms with Crippen LogP contribution in [0.5, 0.6) is 28.7 Å². The summed E-state index contributed by atoms with van der Waals surface area (Å²) in [6.07, 6.45) is 5.84. The first-order valence-electron chi connectivity index (χ1n) is 14.3. The van der Waals surface area contributed by atoms with Crippen LogP contribution in [-0.4, -0.2) is 48.2 Å². The molecule has 4 rings (SSSR count). The van der Waals surface area contributed by atoms with Crippen molar-refractivity contribution in [1.29, 1.82) is 0 Å². The molecule has 224 valence electrons. The summed E-state index contributed by atoms with van der Waals surface area (Å²) in [4.78, 5) is 13.7. The van der Waals surface area contributed by atoms with Crippen LogP contribution in [0.15, 0.2) is 29.8 Å². The van der Waals surface area contributed by atoms with Crippen molar-refractivity contribution in [3.8, 4) is 28.7 Å². The number of benzene rings is 2. The Kier molecular flexibility index (Phi) is 9.24. The molecule has 2 aromatic carbocycles. The van der Waals surface area contributed by atoms with Gasteiger partial charge in [0.25, 0.3) is 0 Å². The molecule has 8 nitrogen and oxygen atoms in total. The number of ether oxygens (including phenoxy) is 5. The number of carbonyl (C=O) groups is 1. The average molecular weight is 569 g/mol. The SMILES string of the molecule is COc1cc2c(c(OC)c1CCC(C)(C)O)C(=O)CC(c1ccc3c(c1C/C=C(\C)CCCC(C)(C)O)OCO3)O2. The highest BCUT2D eigenvalue weighted by atomic mass is 16.7. The molecule has 0 amide bonds. The molecule has 2 aromatic rings. The second-order valence-electron chi connectivity index (χ2n) is 12.3. The maximum Gasteiger partial charge on any atom is 0.231 e. The zero-order valence-electron chi connectivity index (χ0n) is 25.4. The Bertz CT molecular complexity index is 1300. The molecule has 2 aliphatic rings. The van der Waals surface area contributed by atoms with Crippen molar-refractivity contribution in [2.45, 2.75) is 96.9 Å². The van der Waals surface area contributed by atoms with Gasteiger partial charge >= 0.3 is 0 Å². The molecule has 0 saturated carbocycles. The third kappa shape index (κ3) is 7.35. The Hall–Kier alpha value is -3.23. The van der Waals surface area contributed by atoms with E-state index in [2.05, 4.69) is 13.0 Å². The third-order valence-electron chi connectivity index (χ3n) is 7.68. The number of aliphatic hydroxyl groups is 2. The fourth-order valence-electron chi connectivity index (χ4n) is 5.46. The summed E-state index contributed by atoms with van der Waals surface area (Å²) in [7, 11) is 3.11. The monoisotopic (exact) mass is 568 g/mol. The number of fused-ring (bicyclic) bond motifs is 2. The van der Waals surface area contributed by atoms with Gasteiger partial charge in [0.2, 0.25) is 6.79 Å². The Morgan fingerprint density at radius 2 is 1.76 bits per heavy atom. The Morgan fingerprint density at radius 3 is 2.41 bits per heavy atom.